The van der Waals surface area contributed by atoms with Gasteiger partial charge in [0.25, 0.3) is 0 Å². The maximum absolute atomic E-state index is 12.1. The monoisotopic (exact) mass is 358 g/mol. The fraction of sp³-hybridized carbons (Fsp3) is 0.500. The van der Waals surface area contributed by atoms with Gasteiger partial charge in [-0.1, -0.05) is 11.6 Å². The molecule has 21 heavy (non-hydrogen) atoms. The minimum atomic E-state index is -3.65. The van der Waals surface area contributed by atoms with Crippen molar-refractivity contribution in [2.75, 3.05) is 40.5 Å². The normalized spacial score (nSPS) is 11.0. The first-order valence-electron chi connectivity index (χ1n) is 6.04. The van der Waals surface area contributed by atoms with Crippen molar-refractivity contribution in [2.45, 2.75) is 4.90 Å². The van der Waals surface area contributed by atoms with Crippen LogP contribution in [0.1, 0.15) is 0 Å². The molecular formula is C12H20Cl2N2O4S. The highest BCUT2D eigenvalue weighted by molar-refractivity contribution is 7.89. The zero-order chi connectivity index (χ0) is 15.0. The molecule has 9 heteroatoms. The van der Waals surface area contributed by atoms with Crippen molar-refractivity contribution >= 4 is 34.0 Å². The van der Waals surface area contributed by atoms with E-state index in [1.54, 1.807) is 13.2 Å². The van der Waals surface area contributed by atoms with E-state index in [9.17, 15) is 8.42 Å². The van der Waals surface area contributed by atoms with Gasteiger partial charge in [0, 0.05) is 32.8 Å². The lowest BCUT2D eigenvalue weighted by Gasteiger charge is -2.10. The molecule has 1 aromatic carbocycles. The van der Waals surface area contributed by atoms with E-state index in [2.05, 4.69) is 10.0 Å². The molecule has 0 unspecified atom stereocenters. The third-order valence-electron chi connectivity index (χ3n) is 2.50. The van der Waals surface area contributed by atoms with Gasteiger partial charge >= 0.3 is 0 Å². The van der Waals surface area contributed by atoms with Crippen LogP contribution in [0.4, 0.5) is 0 Å². The number of sulfonamides is 1. The van der Waals surface area contributed by atoms with Crippen LogP contribution < -0.4 is 14.8 Å². The number of rotatable bonds is 9. The average molecular weight is 359 g/mol. The minimum Gasteiger partial charge on any atom is -0.497 e. The Balaban J connectivity index is 0.00000400. The van der Waals surface area contributed by atoms with E-state index in [0.717, 1.165) is 0 Å². The molecule has 1 rings (SSSR count). The summed E-state index contributed by atoms with van der Waals surface area (Å²) in [5.74, 6) is 0.438. The third-order valence-corrected chi connectivity index (χ3v) is 4.45. The molecule has 0 aromatic heterocycles. The Labute approximate surface area is 136 Å². The fourth-order valence-corrected chi connectivity index (χ4v) is 3.01. The second-order valence-corrected chi connectivity index (χ2v) is 6.08. The first-order chi connectivity index (χ1) is 9.51. The van der Waals surface area contributed by atoms with Gasteiger partial charge in [0.1, 0.15) is 10.6 Å². The highest BCUT2D eigenvalue weighted by Crippen LogP contribution is 2.25. The summed E-state index contributed by atoms with van der Waals surface area (Å²) in [4.78, 5) is 0.00964. The standard InChI is InChI=1S/C12H19ClN2O4S.ClH/c1-18-8-7-14-5-6-15-20(16,17)12-9-10(19-2)3-4-11(12)13;/h3-4,9,14-15H,5-8H2,1-2H3;1H. The molecule has 2 N–H and O–H groups in total. The summed E-state index contributed by atoms with van der Waals surface area (Å²) in [6.45, 7) is 2.01. The number of halogens is 2. The van der Waals surface area contributed by atoms with Gasteiger partial charge in [-0.2, -0.15) is 0 Å². The van der Waals surface area contributed by atoms with Crippen LogP contribution in [0.2, 0.25) is 5.02 Å². The zero-order valence-electron chi connectivity index (χ0n) is 11.9. The zero-order valence-corrected chi connectivity index (χ0v) is 14.3. The van der Waals surface area contributed by atoms with Crippen LogP contribution >= 0.6 is 24.0 Å². The summed E-state index contributed by atoms with van der Waals surface area (Å²) in [5, 5.41) is 3.20. The Hall–Kier alpha value is -0.570. The van der Waals surface area contributed by atoms with Crippen LogP contribution in [0.15, 0.2) is 23.1 Å². The fourth-order valence-electron chi connectivity index (χ4n) is 1.47. The van der Waals surface area contributed by atoms with Crippen molar-refractivity contribution in [3.8, 4) is 5.75 Å². The second kappa shape index (κ2) is 10.2. The molecule has 0 saturated heterocycles. The number of methoxy groups -OCH3 is 2. The Morgan fingerprint density at radius 3 is 2.52 bits per heavy atom. The highest BCUT2D eigenvalue weighted by Gasteiger charge is 2.18. The smallest absolute Gasteiger partial charge is 0.242 e. The molecular weight excluding hydrogens is 339 g/mol. The topological polar surface area (TPSA) is 76.7 Å². The number of benzene rings is 1. The molecule has 0 atom stereocenters. The quantitative estimate of drug-likeness (QED) is 0.650. The Morgan fingerprint density at radius 1 is 1.19 bits per heavy atom. The van der Waals surface area contributed by atoms with Crippen molar-refractivity contribution < 1.29 is 17.9 Å². The predicted molar refractivity (Wildman–Crippen MR) is 85.2 cm³/mol. The van der Waals surface area contributed by atoms with E-state index in [1.165, 1.54) is 19.2 Å². The van der Waals surface area contributed by atoms with Gasteiger partial charge < -0.3 is 14.8 Å². The summed E-state index contributed by atoms with van der Waals surface area (Å²) < 4.78 is 36.6. The van der Waals surface area contributed by atoms with Crippen LogP contribution in [0.5, 0.6) is 5.75 Å². The summed E-state index contributed by atoms with van der Waals surface area (Å²) in [6.07, 6.45) is 0. The molecule has 0 bridgehead atoms. The van der Waals surface area contributed by atoms with Crippen LogP contribution in [0.3, 0.4) is 0 Å². The van der Waals surface area contributed by atoms with Crippen molar-refractivity contribution in [1.29, 1.82) is 0 Å². The summed E-state index contributed by atoms with van der Waals surface area (Å²) in [5.41, 5.74) is 0. The van der Waals surface area contributed by atoms with E-state index in [-0.39, 0.29) is 28.9 Å². The van der Waals surface area contributed by atoms with Crippen molar-refractivity contribution in [1.82, 2.24) is 10.0 Å². The van der Waals surface area contributed by atoms with E-state index < -0.39 is 10.0 Å². The van der Waals surface area contributed by atoms with Gasteiger partial charge in [-0.3, -0.25) is 0 Å². The molecule has 0 aliphatic carbocycles. The molecule has 0 fully saturated rings. The molecule has 1 aromatic rings. The lowest BCUT2D eigenvalue weighted by molar-refractivity contribution is 0.199. The summed E-state index contributed by atoms with van der Waals surface area (Å²) in [7, 11) is -0.578. The summed E-state index contributed by atoms with van der Waals surface area (Å²) >= 11 is 5.91. The van der Waals surface area contributed by atoms with E-state index in [1.807, 2.05) is 0 Å². The predicted octanol–water partition coefficient (Wildman–Crippen LogP) is 1.28. The van der Waals surface area contributed by atoms with Crippen molar-refractivity contribution in [3.05, 3.63) is 23.2 Å². The Kier molecular flexibility index (Phi) is 9.93. The Morgan fingerprint density at radius 2 is 1.90 bits per heavy atom. The van der Waals surface area contributed by atoms with Gasteiger partial charge in [0.15, 0.2) is 0 Å². The lowest BCUT2D eigenvalue weighted by atomic mass is 10.3. The number of hydrogen-bond donors (Lipinski definition) is 2. The van der Waals surface area contributed by atoms with Gasteiger partial charge in [-0.15, -0.1) is 12.4 Å². The van der Waals surface area contributed by atoms with Gasteiger partial charge in [-0.05, 0) is 12.1 Å². The van der Waals surface area contributed by atoms with E-state index >= 15 is 0 Å². The van der Waals surface area contributed by atoms with Crippen molar-refractivity contribution in [2.24, 2.45) is 0 Å². The third kappa shape index (κ3) is 6.82. The van der Waals surface area contributed by atoms with E-state index in [4.69, 9.17) is 21.1 Å². The maximum atomic E-state index is 12.1. The molecule has 0 saturated carbocycles. The molecule has 0 radical (unpaired) electrons. The first-order valence-corrected chi connectivity index (χ1v) is 7.90. The van der Waals surface area contributed by atoms with Gasteiger partial charge in [-0.25, -0.2) is 13.1 Å². The maximum Gasteiger partial charge on any atom is 0.242 e. The highest BCUT2D eigenvalue weighted by atomic mass is 35.5. The SMILES string of the molecule is COCCNCCNS(=O)(=O)c1cc(OC)ccc1Cl.Cl. The number of hydrogen-bond acceptors (Lipinski definition) is 5. The van der Waals surface area contributed by atoms with Gasteiger partial charge in [0.05, 0.1) is 18.7 Å². The van der Waals surface area contributed by atoms with Crippen LogP contribution in [0, 0.1) is 0 Å². The summed E-state index contributed by atoms with van der Waals surface area (Å²) in [6, 6.07) is 4.49. The van der Waals surface area contributed by atoms with Crippen LogP contribution in [-0.2, 0) is 14.8 Å². The second-order valence-electron chi connectivity index (χ2n) is 3.94. The van der Waals surface area contributed by atoms with Crippen molar-refractivity contribution in [3.63, 3.8) is 0 Å². The van der Waals surface area contributed by atoms with Gasteiger partial charge in [0.2, 0.25) is 10.0 Å². The lowest BCUT2D eigenvalue weighted by Crippen LogP contribution is -2.33. The first kappa shape index (κ1) is 20.4. The van der Waals surface area contributed by atoms with E-state index in [0.29, 0.717) is 25.4 Å². The number of nitrogens with one attached hydrogen (secondary N) is 2. The molecule has 0 aliphatic heterocycles. The molecule has 0 amide bonds. The molecule has 0 spiro atoms. The minimum absolute atomic E-state index is 0. The molecule has 6 nitrogen and oxygen atoms in total. The molecule has 122 valence electrons. The number of ether oxygens (including phenoxy) is 2. The largest absolute Gasteiger partial charge is 0.497 e. The molecule has 0 aliphatic rings. The average Bonchev–Trinajstić information content (AvgIpc) is 2.43. The van der Waals surface area contributed by atoms with Crippen LogP contribution in [-0.4, -0.2) is 48.9 Å². The van der Waals surface area contributed by atoms with Crippen LogP contribution in [0.25, 0.3) is 0 Å². The Bertz CT molecular complexity index is 526. The molecule has 0 heterocycles.